The molecular weight excluding hydrogens is 425 g/mol. The molecule has 0 fully saturated rings. The highest BCUT2D eigenvalue weighted by molar-refractivity contribution is 6.04. The first-order valence-electron chi connectivity index (χ1n) is 9.32. The molecule has 1 amide bonds. The maximum atomic E-state index is 12.9. The van der Waals surface area contributed by atoms with Crippen LogP contribution in [0.3, 0.4) is 0 Å². The van der Waals surface area contributed by atoms with Gasteiger partial charge in [-0.1, -0.05) is 6.07 Å². The summed E-state index contributed by atoms with van der Waals surface area (Å²) < 4.78 is 44.0. The smallest absolute Gasteiger partial charge is 0.416 e. The molecule has 0 bridgehead atoms. The molecule has 10 heteroatoms. The minimum absolute atomic E-state index is 0.0152. The number of aromatic nitrogens is 2. The highest BCUT2D eigenvalue weighted by Gasteiger charge is 2.30. The van der Waals surface area contributed by atoms with Gasteiger partial charge in [-0.05, 0) is 37.3 Å². The zero-order chi connectivity index (χ0) is 23.3. The molecule has 0 aliphatic heterocycles. The predicted octanol–water partition coefficient (Wildman–Crippen LogP) is 3.97. The van der Waals surface area contributed by atoms with Crippen molar-refractivity contribution >= 4 is 11.6 Å². The van der Waals surface area contributed by atoms with Crippen molar-refractivity contribution in [3.8, 4) is 23.1 Å². The second-order valence-electron chi connectivity index (χ2n) is 6.65. The fourth-order valence-electron chi connectivity index (χ4n) is 2.87. The quantitative estimate of drug-likeness (QED) is 0.598. The van der Waals surface area contributed by atoms with Gasteiger partial charge in [-0.15, -0.1) is 0 Å². The Morgan fingerprint density at radius 3 is 2.69 bits per heavy atom. The highest BCUT2D eigenvalue weighted by Crippen LogP contribution is 2.30. The van der Waals surface area contributed by atoms with Crippen LogP contribution in [0.25, 0.3) is 11.1 Å². The van der Waals surface area contributed by atoms with Gasteiger partial charge in [0.25, 0.3) is 5.91 Å². The van der Waals surface area contributed by atoms with E-state index >= 15 is 0 Å². The molecule has 0 saturated carbocycles. The lowest BCUT2D eigenvalue weighted by molar-refractivity contribution is -0.137. The summed E-state index contributed by atoms with van der Waals surface area (Å²) in [6, 6.07) is 9.17. The Morgan fingerprint density at radius 1 is 1.22 bits per heavy atom. The lowest BCUT2D eigenvalue weighted by atomic mass is 10.0. The molecule has 2 N–H and O–H groups in total. The molecule has 0 atom stereocenters. The number of benzene rings is 1. The summed E-state index contributed by atoms with van der Waals surface area (Å²) in [6.45, 7) is 1.47. The highest BCUT2D eigenvalue weighted by atomic mass is 19.4. The fourth-order valence-corrected chi connectivity index (χ4v) is 2.87. The van der Waals surface area contributed by atoms with Gasteiger partial charge in [0.05, 0.1) is 24.1 Å². The van der Waals surface area contributed by atoms with Gasteiger partial charge in [0, 0.05) is 28.6 Å². The Hall–Kier alpha value is -3.97. The van der Waals surface area contributed by atoms with Crippen LogP contribution in [0.15, 0.2) is 48.8 Å². The fraction of sp³-hybridized carbons (Fsp3) is 0.182. The topological polar surface area (TPSA) is 108 Å². The van der Waals surface area contributed by atoms with Gasteiger partial charge in [0.2, 0.25) is 5.88 Å². The number of hydrogen-bond donors (Lipinski definition) is 2. The average molecular weight is 442 g/mol. The van der Waals surface area contributed by atoms with Crippen molar-refractivity contribution in [2.45, 2.75) is 13.1 Å². The van der Waals surface area contributed by atoms with E-state index in [4.69, 9.17) is 9.84 Å². The van der Waals surface area contributed by atoms with Gasteiger partial charge in [-0.2, -0.15) is 18.4 Å². The van der Waals surface area contributed by atoms with Crippen LogP contribution >= 0.6 is 0 Å². The number of nitriles is 1. The number of carbonyl (C=O) groups is 1. The van der Waals surface area contributed by atoms with Crippen molar-refractivity contribution in [1.82, 2.24) is 9.97 Å². The largest absolute Gasteiger partial charge is 0.474 e. The molecule has 3 rings (SSSR count). The second-order valence-corrected chi connectivity index (χ2v) is 6.65. The first kappa shape index (κ1) is 22.7. The Labute approximate surface area is 181 Å². The Bertz CT molecular complexity index is 1190. The minimum Gasteiger partial charge on any atom is -0.474 e. The number of carbonyl (C=O) groups excluding carboxylic acids is 1. The molecular formula is C22H17F3N4O3. The maximum absolute atomic E-state index is 12.9. The van der Waals surface area contributed by atoms with Gasteiger partial charge < -0.3 is 15.2 Å². The summed E-state index contributed by atoms with van der Waals surface area (Å²) in [6.07, 6.45) is -1.73. The van der Waals surface area contributed by atoms with E-state index in [0.29, 0.717) is 16.8 Å². The first-order valence-corrected chi connectivity index (χ1v) is 9.32. The predicted molar refractivity (Wildman–Crippen MR) is 109 cm³/mol. The minimum atomic E-state index is -4.56. The van der Waals surface area contributed by atoms with Gasteiger partial charge in [-0.25, -0.2) is 4.98 Å². The number of nitrogens with zero attached hydrogens (tertiary/aromatic N) is 3. The molecule has 7 nitrogen and oxygen atoms in total. The molecule has 0 unspecified atom stereocenters. The normalized spacial score (nSPS) is 11.0. The second kappa shape index (κ2) is 9.45. The molecule has 1 aromatic carbocycles. The summed E-state index contributed by atoms with van der Waals surface area (Å²) in [4.78, 5) is 20.8. The number of anilines is 1. The summed E-state index contributed by atoms with van der Waals surface area (Å²) >= 11 is 0. The van der Waals surface area contributed by atoms with E-state index in [1.807, 2.05) is 6.07 Å². The molecule has 0 aliphatic carbocycles. The molecule has 3 aromatic rings. The van der Waals surface area contributed by atoms with Crippen molar-refractivity contribution in [3.63, 3.8) is 0 Å². The van der Waals surface area contributed by atoms with Crippen molar-refractivity contribution in [2.24, 2.45) is 0 Å². The van der Waals surface area contributed by atoms with Crippen molar-refractivity contribution < 1.29 is 27.8 Å². The van der Waals surface area contributed by atoms with Crippen molar-refractivity contribution in [1.29, 1.82) is 5.26 Å². The van der Waals surface area contributed by atoms with Gasteiger partial charge in [0.1, 0.15) is 18.2 Å². The van der Waals surface area contributed by atoms with E-state index in [-0.39, 0.29) is 35.9 Å². The van der Waals surface area contributed by atoms with Crippen LogP contribution in [-0.2, 0) is 6.18 Å². The summed E-state index contributed by atoms with van der Waals surface area (Å²) in [5.74, 6) is -0.652. The number of aliphatic hydroxyl groups excluding tert-OH is 1. The Kier molecular flexibility index (Phi) is 6.70. The van der Waals surface area contributed by atoms with Crippen LogP contribution in [0.4, 0.5) is 18.9 Å². The third-order valence-electron chi connectivity index (χ3n) is 4.41. The molecule has 164 valence electrons. The number of nitrogens with one attached hydrogen (secondary N) is 1. The van der Waals surface area contributed by atoms with Gasteiger partial charge in [0.15, 0.2) is 0 Å². The number of hydrogen-bond acceptors (Lipinski definition) is 6. The number of aliphatic hydroxyl groups is 1. The van der Waals surface area contributed by atoms with E-state index in [9.17, 15) is 23.2 Å². The number of ether oxygens (including phenoxy) is 1. The molecule has 32 heavy (non-hydrogen) atoms. The number of alkyl halides is 3. The lowest BCUT2D eigenvalue weighted by Crippen LogP contribution is -2.14. The van der Waals surface area contributed by atoms with Gasteiger partial charge >= 0.3 is 6.18 Å². The van der Waals surface area contributed by atoms with E-state index in [0.717, 1.165) is 18.2 Å². The molecule has 0 spiro atoms. The van der Waals surface area contributed by atoms with Crippen LogP contribution in [0.1, 0.15) is 27.2 Å². The standard InChI is InChI=1S/C22H17F3N4O3/c1-13-19(16-7-15(10-26)21(28-11-16)32-6-5-30)9-18(12-27-13)29-20(31)14-3-2-4-17(8-14)22(23,24)25/h2-4,7-9,11-12,30H,5-6H2,1H3,(H,29,31). The van der Waals surface area contributed by atoms with E-state index < -0.39 is 17.6 Å². The number of aryl methyl sites for hydroxylation is 1. The average Bonchev–Trinajstić information content (AvgIpc) is 2.78. The molecule has 0 radical (unpaired) electrons. The third-order valence-corrected chi connectivity index (χ3v) is 4.41. The van der Waals surface area contributed by atoms with Crippen LogP contribution in [0, 0.1) is 18.3 Å². The summed E-state index contributed by atoms with van der Waals surface area (Å²) in [7, 11) is 0. The zero-order valence-electron chi connectivity index (χ0n) is 16.8. The first-order chi connectivity index (χ1) is 15.2. The van der Waals surface area contributed by atoms with E-state index in [1.165, 1.54) is 24.5 Å². The van der Waals surface area contributed by atoms with Crippen LogP contribution in [0.5, 0.6) is 5.88 Å². The van der Waals surface area contributed by atoms with E-state index in [2.05, 4.69) is 15.3 Å². The molecule has 0 saturated heterocycles. The Balaban J connectivity index is 1.88. The number of pyridine rings is 2. The van der Waals surface area contributed by atoms with Gasteiger partial charge in [-0.3, -0.25) is 9.78 Å². The zero-order valence-corrected chi connectivity index (χ0v) is 16.8. The van der Waals surface area contributed by atoms with Crippen LogP contribution in [0.2, 0.25) is 0 Å². The molecule has 2 aromatic heterocycles. The SMILES string of the molecule is Cc1ncc(NC(=O)c2cccc(C(F)(F)F)c2)cc1-c1cnc(OCCO)c(C#N)c1. The number of halogens is 3. The monoisotopic (exact) mass is 442 g/mol. The molecule has 0 aliphatic rings. The lowest BCUT2D eigenvalue weighted by Gasteiger charge is -2.12. The van der Waals surface area contributed by atoms with Crippen LogP contribution in [-0.4, -0.2) is 34.2 Å². The number of rotatable bonds is 6. The maximum Gasteiger partial charge on any atom is 0.416 e. The van der Waals surface area contributed by atoms with Crippen molar-refractivity contribution in [2.75, 3.05) is 18.5 Å². The number of amides is 1. The van der Waals surface area contributed by atoms with Crippen molar-refractivity contribution in [3.05, 3.63) is 71.2 Å². The Morgan fingerprint density at radius 2 is 2.00 bits per heavy atom. The van der Waals surface area contributed by atoms with E-state index in [1.54, 1.807) is 13.0 Å². The molecule has 2 heterocycles. The summed E-state index contributed by atoms with van der Waals surface area (Å²) in [5, 5.41) is 20.8. The summed E-state index contributed by atoms with van der Waals surface area (Å²) in [5.41, 5.74) is 0.993. The van der Waals surface area contributed by atoms with Crippen LogP contribution < -0.4 is 10.1 Å². The third kappa shape index (κ3) is 5.19.